The average molecular weight is 457 g/mol. The fourth-order valence-electron chi connectivity index (χ4n) is 2.37. The van der Waals surface area contributed by atoms with Gasteiger partial charge in [0.1, 0.15) is 5.75 Å². The molecular formula is C16H15BrF2N6OS. The van der Waals surface area contributed by atoms with Crippen LogP contribution in [0, 0.1) is 0 Å². The Morgan fingerprint density at radius 3 is 2.81 bits per heavy atom. The monoisotopic (exact) mass is 456 g/mol. The second-order valence-corrected chi connectivity index (χ2v) is 7.02. The molecule has 0 unspecified atom stereocenters. The van der Waals surface area contributed by atoms with Gasteiger partial charge in [0.15, 0.2) is 0 Å². The Bertz CT molecular complexity index is 958. The van der Waals surface area contributed by atoms with Crippen LogP contribution in [0.3, 0.4) is 0 Å². The molecule has 0 aliphatic rings. The maximum Gasteiger partial charge on any atom is 0.299 e. The summed E-state index contributed by atoms with van der Waals surface area (Å²) < 4.78 is 35.2. The van der Waals surface area contributed by atoms with Crippen molar-refractivity contribution in [3.8, 4) is 5.75 Å². The summed E-state index contributed by atoms with van der Waals surface area (Å²) in [5, 5.41) is 15.9. The molecule has 3 rings (SSSR count). The number of aromatic nitrogens is 5. The Morgan fingerprint density at radius 2 is 2.19 bits per heavy atom. The van der Waals surface area contributed by atoms with Gasteiger partial charge < -0.3 is 4.74 Å². The zero-order valence-corrected chi connectivity index (χ0v) is 16.8. The molecule has 27 heavy (non-hydrogen) atoms. The van der Waals surface area contributed by atoms with Crippen LogP contribution in [0.4, 0.5) is 8.78 Å². The SMILES string of the molecule is COc1ccc(/C=N\n2c(SC)nnc2C(F)F)cc1Cn1cc(Br)cn1. The highest BCUT2D eigenvalue weighted by molar-refractivity contribution is 9.10. The number of nitrogens with zero attached hydrogens (tertiary/aromatic N) is 6. The Balaban J connectivity index is 1.90. The fraction of sp³-hybridized carbons (Fsp3) is 0.250. The highest BCUT2D eigenvalue weighted by atomic mass is 79.9. The van der Waals surface area contributed by atoms with Gasteiger partial charge in [0.05, 0.1) is 30.5 Å². The predicted octanol–water partition coefficient (Wildman–Crippen LogP) is 3.84. The minimum Gasteiger partial charge on any atom is -0.496 e. The molecule has 0 aliphatic carbocycles. The van der Waals surface area contributed by atoms with Crippen LogP contribution in [0.15, 0.2) is 45.3 Å². The lowest BCUT2D eigenvalue weighted by Gasteiger charge is -2.09. The van der Waals surface area contributed by atoms with Crippen molar-refractivity contribution in [1.82, 2.24) is 24.7 Å². The first-order valence-corrected chi connectivity index (χ1v) is 9.70. The van der Waals surface area contributed by atoms with E-state index in [1.54, 1.807) is 36.4 Å². The summed E-state index contributed by atoms with van der Waals surface area (Å²) >= 11 is 4.55. The highest BCUT2D eigenvalue weighted by Gasteiger charge is 2.19. The van der Waals surface area contributed by atoms with Gasteiger partial charge in [0.25, 0.3) is 6.43 Å². The first-order valence-electron chi connectivity index (χ1n) is 7.68. The Labute approximate surface area is 166 Å². The van der Waals surface area contributed by atoms with Crippen molar-refractivity contribution in [3.63, 3.8) is 0 Å². The molecule has 0 spiro atoms. The molecule has 0 N–H and O–H groups in total. The quantitative estimate of drug-likeness (QED) is 0.399. The van der Waals surface area contributed by atoms with Gasteiger partial charge in [-0.05, 0) is 45.9 Å². The smallest absolute Gasteiger partial charge is 0.299 e. The number of halogens is 3. The van der Waals surface area contributed by atoms with E-state index in [0.717, 1.165) is 20.3 Å². The molecule has 0 bridgehead atoms. The molecule has 11 heteroatoms. The van der Waals surface area contributed by atoms with Crippen LogP contribution >= 0.6 is 27.7 Å². The molecule has 2 aromatic heterocycles. The lowest BCUT2D eigenvalue weighted by atomic mass is 10.1. The van der Waals surface area contributed by atoms with Gasteiger partial charge in [-0.1, -0.05) is 11.8 Å². The second-order valence-electron chi connectivity index (χ2n) is 5.33. The van der Waals surface area contributed by atoms with Crippen molar-refractivity contribution < 1.29 is 13.5 Å². The molecule has 0 radical (unpaired) electrons. The number of methoxy groups -OCH3 is 1. The Kier molecular flexibility index (Phi) is 6.22. The van der Waals surface area contributed by atoms with E-state index in [0.29, 0.717) is 12.3 Å². The lowest BCUT2D eigenvalue weighted by Crippen LogP contribution is -2.04. The second kappa shape index (κ2) is 8.61. The third-order valence-corrected chi connectivity index (χ3v) is 4.60. The minimum atomic E-state index is -2.76. The van der Waals surface area contributed by atoms with Gasteiger partial charge >= 0.3 is 0 Å². The third kappa shape index (κ3) is 4.53. The van der Waals surface area contributed by atoms with Gasteiger partial charge in [-0.15, -0.1) is 10.2 Å². The van der Waals surface area contributed by atoms with E-state index in [4.69, 9.17) is 4.74 Å². The topological polar surface area (TPSA) is 70.1 Å². The molecule has 1 aromatic carbocycles. The van der Waals surface area contributed by atoms with E-state index in [2.05, 4.69) is 36.3 Å². The van der Waals surface area contributed by atoms with E-state index in [-0.39, 0.29) is 5.16 Å². The normalized spacial score (nSPS) is 11.6. The predicted molar refractivity (Wildman–Crippen MR) is 102 cm³/mol. The van der Waals surface area contributed by atoms with Crippen molar-refractivity contribution in [3.05, 3.63) is 52.0 Å². The molecule has 3 aromatic rings. The largest absolute Gasteiger partial charge is 0.496 e. The summed E-state index contributed by atoms with van der Waals surface area (Å²) in [5.74, 6) is 0.201. The van der Waals surface area contributed by atoms with Crippen LogP contribution in [0.2, 0.25) is 0 Å². The van der Waals surface area contributed by atoms with Gasteiger partial charge in [0.2, 0.25) is 11.0 Å². The molecule has 0 atom stereocenters. The summed E-state index contributed by atoms with van der Waals surface area (Å²) in [6.45, 7) is 0.488. The zero-order valence-electron chi connectivity index (χ0n) is 14.4. The number of alkyl halides is 2. The Hall–Kier alpha value is -2.27. The molecule has 0 saturated carbocycles. The van der Waals surface area contributed by atoms with Crippen molar-refractivity contribution in [2.24, 2.45) is 5.10 Å². The maximum atomic E-state index is 13.1. The van der Waals surface area contributed by atoms with Crippen LogP contribution in [0.1, 0.15) is 23.4 Å². The fourth-order valence-corrected chi connectivity index (χ4v) is 3.14. The van der Waals surface area contributed by atoms with Gasteiger partial charge in [-0.25, -0.2) is 8.78 Å². The summed E-state index contributed by atoms with van der Waals surface area (Å²) in [4.78, 5) is 0. The van der Waals surface area contributed by atoms with Crippen LogP contribution in [-0.4, -0.2) is 44.2 Å². The Morgan fingerprint density at radius 1 is 1.37 bits per heavy atom. The first kappa shape index (κ1) is 19.5. The molecule has 7 nitrogen and oxygen atoms in total. The van der Waals surface area contributed by atoms with E-state index < -0.39 is 12.2 Å². The van der Waals surface area contributed by atoms with Crippen LogP contribution in [-0.2, 0) is 6.54 Å². The van der Waals surface area contributed by atoms with Crippen molar-refractivity contribution in [2.45, 2.75) is 18.1 Å². The third-order valence-electron chi connectivity index (χ3n) is 3.57. The molecule has 0 saturated heterocycles. The number of benzene rings is 1. The molecular weight excluding hydrogens is 442 g/mol. The number of rotatable bonds is 7. The number of thioether (sulfide) groups is 1. The van der Waals surface area contributed by atoms with E-state index >= 15 is 0 Å². The number of ether oxygens (including phenoxy) is 1. The molecule has 142 valence electrons. The van der Waals surface area contributed by atoms with Gasteiger partial charge in [-0.3, -0.25) is 4.68 Å². The van der Waals surface area contributed by atoms with E-state index in [1.807, 2.05) is 12.3 Å². The molecule has 0 aliphatic heterocycles. The van der Waals surface area contributed by atoms with Crippen molar-refractivity contribution in [1.29, 1.82) is 0 Å². The average Bonchev–Trinajstić information content (AvgIpc) is 3.25. The van der Waals surface area contributed by atoms with Gasteiger partial charge in [-0.2, -0.15) is 14.9 Å². The van der Waals surface area contributed by atoms with Crippen LogP contribution in [0.25, 0.3) is 0 Å². The summed E-state index contributed by atoms with van der Waals surface area (Å²) in [6.07, 6.45) is 3.98. The van der Waals surface area contributed by atoms with Crippen molar-refractivity contribution >= 4 is 33.9 Å². The summed E-state index contributed by atoms with van der Waals surface area (Å²) in [6, 6.07) is 5.45. The van der Waals surface area contributed by atoms with E-state index in [9.17, 15) is 8.78 Å². The van der Waals surface area contributed by atoms with E-state index in [1.165, 1.54) is 18.0 Å². The summed E-state index contributed by atoms with van der Waals surface area (Å²) in [7, 11) is 1.59. The number of hydrogen-bond acceptors (Lipinski definition) is 6. The minimum absolute atomic E-state index is 0.289. The highest BCUT2D eigenvalue weighted by Crippen LogP contribution is 2.23. The maximum absolute atomic E-state index is 13.1. The first-order chi connectivity index (χ1) is 13.0. The lowest BCUT2D eigenvalue weighted by molar-refractivity contribution is 0.135. The van der Waals surface area contributed by atoms with Crippen LogP contribution < -0.4 is 4.74 Å². The van der Waals surface area contributed by atoms with Crippen LogP contribution in [0.5, 0.6) is 5.75 Å². The molecule has 0 fully saturated rings. The van der Waals surface area contributed by atoms with Crippen molar-refractivity contribution in [2.75, 3.05) is 13.4 Å². The standard InChI is InChI=1S/C16H15BrF2N6OS/c1-26-13-4-3-10(5-11(13)8-24-9-12(17)7-20-24)6-21-25-15(14(18)19)22-23-16(25)27-2/h3-7,9,14H,8H2,1-2H3/b21-6-. The number of hydrogen-bond donors (Lipinski definition) is 0. The van der Waals surface area contributed by atoms with Gasteiger partial charge in [0, 0.05) is 11.8 Å². The molecule has 2 heterocycles. The zero-order chi connectivity index (χ0) is 19.4. The molecule has 0 amide bonds. The summed E-state index contributed by atoms with van der Waals surface area (Å²) in [5.41, 5.74) is 1.60.